The SMILES string of the molecule is CC.COCCc1ccc(-c2c(C)nc3c(N4CCOCC4)nccn23)nc1. The second kappa shape index (κ2) is 9.61. The number of anilines is 1. The summed E-state index contributed by atoms with van der Waals surface area (Å²) in [5.74, 6) is 0.905. The Labute approximate surface area is 166 Å². The summed E-state index contributed by atoms with van der Waals surface area (Å²) in [4.78, 5) is 16.3. The highest BCUT2D eigenvalue weighted by Crippen LogP contribution is 2.27. The Bertz CT molecular complexity index is 886. The average Bonchev–Trinajstić information content (AvgIpc) is 3.10. The summed E-state index contributed by atoms with van der Waals surface area (Å²) in [7, 11) is 1.71. The van der Waals surface area contributed by atoms with Crippen LogP contribution in [0.2, 0.25) is 0 Å². The third-order valence-electron chi connectivity index (χ3n) is 4.67. The molecule has 4 heterocycles. The standard InChI is InChI=1S/C19H23N5O2.C2H6/c1-14-17(16-4-3-15(13-21-16)5-10-25-2)24-7-6-20-18(19(24)22-14)23-8-11-26-12-9-23;1-2/h3-4,6-7,13H,5,8-12H2,1-2H3;1-2H3. The minimum Gasteiger partial charge on any atom is -0.384 e. The van der Waals surface area contributed by atoms with E-state index >= 15 is 0 Å². The number of pyridine rings is 1. The predicted octanol–water partition coefficient (Wildman–Crippen LogP) is 3.15. The van der Waals surface area contributed by atoms with Gasteiger partial charge in [-0.2, -0.15) is 0 Å². The maximum absolute atomic E-state index is 5.46. The van der Waals surface area contributed by atoms with Gasteiger partial charge in [0.2, 0.25) is 0 Å². The number of hydrogen-bond acceptors (Lipinski definition) is 6. The average molecular weight is 383 g/mol. The van der Waals surface area contributed by atoms with Crippen LogP contribution in [-0.4, -0.2) is 59.4 Å². The molecule has 0 atom stereocenters. The highest BCUT2D eigenvalue weighted by Gasteiger charge is 2.20. The van der Waals surface area contributed by atoms with Crippen LogP contribution in [0.5, 0.6) is 0 Å². The molecule has 0 N–H and O–H groups in total. The molecule has 28 heavy (non-hydrogen) atoms. The second-order valence-corrected chi connectivity index (χ2v) is 6.38. The quantitative estimate of drug-likeness (QED) is 0.674. The topological polar surface area (TPSA) is 64.8 Å². The summed E-state index contributed by atoms with van der Waals surface area (Å²) in [5.41, 5.74) is 4.90. The summed E-state index contributed by atoms with van der Waals surface area (Å²) < 4.78 is 12.7. The van der Waals surface area contributed by atoms with Crippen molar-refractivity contribution < 1.29 is 9.47 Å². The van der Waals surface area contributed by atoms with Crippen LogP contribution in [0.4, 0.5) is 5.82 Å². The number of methoxy groups -OCH3 is 1. The Hall–Kier alpha value is -2.51. The molecule has 7 heteroatoms. The summed E-state index contributed by atoms with van der Waals surface area (Å²) in [6.45, 7) is 9.83. The van der Waals surface area contributed by atoms with Crippen LogP contribution < -0.4 is 4.90 Å². The summed E-state index contributed by atoms with van der Waals surface area (Å²) >= 11 is 0. The number of fused-ring (bicyclic) bond motifs is 1. The molecule has 3 aromatic heterocycles. The van der Waals surface area contributed by atoms with E-state index in [2.05, 4.69) is 31.4 Å². The largest absolute Gasteiger partial charge is 0.384 e. The molecule has 7 nitrogen and oxygen atoms in total. The zero-order chi connectivity index (χ0) is 19.9. The van der Waals surface area contributed by atoms with E-state index in [4.69, 9.17) is 14.5 Å². The molecule has 4 rings (SSSR count). The molecule has 1 aliphatic rings. The van der Waals surface area contributed by atoms with Gasteiger partial charge >= 0.3 is 0 Å². The number of imidazole rings is 1. The lowest BCUT2D eigenvalue weighted by Crippen LogP contribution is -2.37. The van der Waals surface area contributed by atoms with E-state index in [1.165, 1.54) is 0 Å². The van der Waals surface area contributed by atoms with Gasteiger partial charge < -0.3 is 14.4 Å². The molecule has 3 aromatic rings. The van der Waals surface area contributed by atoms with Gasteiger partial charge in [0.1, 0.15) is 0 Å². The van der Waals surface area contributed by atoms with Gasteiger partial charge in [0.25, 0.3) is 0 Å². The number of hydrogen-bond donors (Lipinski definition) is 0. The lowest BCUT2D eigenvalue weighted by atomic mass is 10.1. The van der Waals surface area contributed by atoms with Gasteiger partial charge in [0.05, 0.1) is 36.9 Å². The Balaban J connectivity index is 0.00000109. The molecule has 1 saturated heterocycles. The van der Waals surface area contributed by atoms with Crippen molar-refractivity contribution in [2.75, 3.05) is 44.9 Å². The zero-order valence-corrected chi connectivity index (χ0v) is 17.2. The van der Waals surface area contributed by atoms with Crippen molar-refractivity contribution in [1.29, 1.82) is 0 Å². The van der Waals surface area contributed by atoms with Crippen molar-refractivity contribution in [2.24, 2.45) is 0 Å². The third kappa shape index (κ3) is 4.15. The van der Waals surface area contributed by atoms with Crippen molar-refractivity contribution in [3.05, 3.63) is 42.0 Å². The van der Waals surface area contributed by atoms with E-state index in [1.807, 2.05) is 39.4 Å². The van der Waals surface area contributed by atoms with E-state index in [1.54, 1.807) is 7.11 Å². The van der Waals surface area contributed by atoms with Crippen LogP contribution in [0, 0.1) is 6.92 Å². The van der Waals surface area contributed by atoms with Gasteiger partial charge in [-0.15, -0.1) is 0 Å². The minimum atomic E-state index is 0.699. The van der Waals surface area contributed by atoms with Gasteiger partial charge in [0, 0.05) is 38.8 Å². The number of aromatic nitrogens is 4. The lowest BCUT2D eigenvalue weighted by Gasteiger charge is -2.27. The number of ether oxygens (including phenoxy) is 2. The summed E-state index contributed by atoms with van der Waals surface area (Å²) in [5, 5.41) is 0. The van der Waals surface area contributed by atoms with Crippen LogP contribution >= 0.6 is 0 Å². The Morgan fingerprint density at radius 2 is 1.93 bits per heavy atom. The van der Waals surface area contributed by atoms with Crippen LogP contribution in [0.25, 0.3) is 17.0 Å². The zero-order valence-electron chi connectivity index (χ0n) is 17.2. The van der Waals surface area contributed by atoms with Gasteiger partial charge in [-0.1, -0.05) is 19.9 Å². The highest BCUT2D eigenvalue weighted by molar-refractivity contribution is 5.72. The molecule has 0 aromatic carbocycles. The van der Waals surface area contributed by atoms with Crippen LogP contribution in [0.3, 0.4) is 0 Å². The number of nitrogens with zero attached hydrogens (tertiary/aromatic N) is 5. The third-order valence-corrected chi connectivity index (χ3v) is 4.67. The van der Waals surface area contributed by atoms with Crippen LogP contribution in [0.15, 0.2) is 30.7 Å². The first kappa shape index (κ1) is 20.2. The number of aryl methyl sites for hydroxylation is 1. The smallest absolute Gasteiger partial charge is 0.181 e. The molecular formula is C21H29N5O2. The molecular weight excluding hydrogens is 354 g/mol. The minimum absolute atomic E-state index is 0.699. The fraction of sp³-hybridized carbons (Fsp3) is 0.476. The Kier molecular flexibility index (Phi) is 6.95. The predicted molar refractivity (Wildman–Crippen MR) is 111 cm³/mol. The van der Waals surface area contributed by atoms with Crippen molar-refractivity contribution in [1.82, 2.24) is 19.4 Å². The van der Waals surface area contributed by atoms with E-state index in [0.29, 0.717) is 6.61 Å². The first-order valence-electron chi connectivity index (χ1n) is 9.88. The molecule has 0 bridgehead atoms. The fourth-order valence-electron chi connectivity index (χ4n) is 3.32. The van der Waals surface area contributed by atoms with Crippen molar-refractivity contribution in [3.8, 4) is 11.4 Å². The van der Waals surface area contributed by atoms with Gasteiger partial charge in [-0.25, -0.2) is 9.97 Å². The molecule has 0 spiro atoms. The van der Waals surface area contributed by atoms with E-state index in [9.17, 15) is 0 Å². The monoisotopic (exact) mass is 383 g/mol. The maximum Gasteiger partial charge on any atom is 0.181 e. The number of rotatable bonds is 5. The second-order valence-electron chi connectivity index (χ2n) is 6.38. The van der Waals surface area contributed by atoms with E-state index in [-0.39, 0.29) is 0 Å². The first-order valence-corrected chi connectivity index (χ1v) is 9.88. The Morgan fingerprint density at radius 1 is 1.14 bits per heavy atom. The fourth-order valence-corrected chi connectivity index (χ4v) is 3.32. The van der Waals surface area contributed by atoms with Crippen molar-refractivity contribution in [3.63, 3.8) is 0 Å². The molecule has 0 saturated carbocycles. The molecule has 1 fully saturated rings. The first-order chi connectivity index (χ1) is 13.8. The Morgan fingerprint density at radius 3 is 2.61 bits per heavy atom. The van der Waals surface area contributed by atoms with Crippen LogP contribution in [0.1, 0.15) is 25.1 Å². The van der Waals surface area contributed by atoms with Crippen molar-refractivity contribution in [2.45, 2.75) is 27.2 Å². The molecule has 0 radical (unpaired) electrons. The summed E-state index contributed by atoms with van der Waals surface area (Å²) in [6.07, 6.45) is 6.56. The van der Waals surface area contributed by atoms with E-state index < -0.39 is 0 Å². The molecule has 0 unspecified atom stereocenters. The summed E-state index contributed by atoms with van der Waals surface area (Å²) in [6, 6.07) is 4.15. The van der Waals surface area contributed by atoms with Gasteiger partial charge in [0.15, 0.2) is 11.5 Å². The normalized spacial score (nSPS) is 14.1. The molecule has 150 valence electrons. The molecule has 1 aliphatic heterocycles. The van der Waals surface area contributed by atoms with Crippen molar-refractivity contribution >= 4 is 11.5 Å². The van der Waals surface area contributed by atoms with E-state index in [0.717, 1.165) is 66.8 Å². The van der Waals surface area contributed by atoms with Gasteiger partial charge in [-0.05, 0) is 25.0 Å². The lowest BCUT2D eigenvalue weighted by molar-refractivity contribution is 0.122. The molecule has 0 amide bonds. The number of morpholine rings is 1. The maximum atomic E-state index is 5.46. The van der Waals surface area contributed by atoms with Crippen LogP contribution in [-0.2, 0) is 15.9 Å². The van der Waals surface area contributed by atoms with Gasteiger partial charge in [-0.3, -0.25) is 9.38 Å². The molecule has 0 aliphatic carbocycles. The highest BCUT2D eigenvalue weighted by atomic mass is 16.5.